The summed E-state index contributed by atoms with van der Waals surface area (Å²) in [6.07, 6.45) is 2.18. The van der Waals surface area contributed by atoms with Gasteiger partial charge in [0.05, 0.1) is 24.9 Å². The van der Waals surface area contributed by atoms with Crippen molar-refractivity contribution in [2.45, 2.75) is 25.6 Å². The second-order valence-corrected chi connectivity index (χ2v) is 4.27. The Balaban J connectivity index is 1.85. The highest BCUT2D eigenvalue weighted by atomic mass is 19.1. The average molecular weight is 254 g/mol. The Morgan fingerprint density at radius 3 is 3.00 bits per heavy atom. The van der Waals surface area contributed by atoms with Crippen molar-refractivity contribution in [2.24, 2.45) is 0 Å². The van der Waals surface area contributed by atoms with E-state index >= 15 is 0 Å². The molecule has 2 rings (SSSR count). The smallest absolute Gasteiger partial charge is 0.338 e. The minimum atomic E-state index is -1.26. The maximum absolute atomic E-state index is 13.4. The zero-order valence-corrected chi connectivity index (χ0v) is 9.89. The van der Waals surface area contributed by atoms with Crippen molar-refractivity contribution in [3.8, 4) is 0 Å². The number of halogens is 1. The molecule has 0 radical (unpaired) electrons. The van der Waals surface area contributed by atoms with Gasteiger partial charge in [0, 0.05) is 6.61 Å². The highest BCUT2D eigenvalue weighted by Gasteiger charge is 2.15. The Kier molecular flexibility index (Phi) is 4.28. The lowest BCUT2D eigenvalue weighted by molar-refractivity contribution is 0.0105. The molecule has 1 unspecified atom stereocenters. The summed E-state index contributed by atoms with van der Waals surface area (Å²) in [5.74, 6) is -2.00. The molecule has 0 aromatic heterocycles. The zero-order valence-electron chi connectivity index (χ0n) is 9.89. The number of carboxylic acid groups (broad SMARTS) is 1. The number of rotatable bonds is 5. The molecule has 1 saturated heterocycles. The van der Waals surface area contributed by atoms with Gasteiger partial charge in [-0.05, 0) is 30.5 Å². The SMILES string of the molecule is O=C(O)c1ccc(COCC2CCCO2)cc1F. The molecule has 1 N–H and O–H groups in total. The molecule has 1 aromatic carbocycles. The van der Waals surface area contributed by atoms with Crippen LogP contribution < -0.4 is 0 Å². The predicted molar refractivity (Wildman–Crippen MR) is 62.0 cm³/mol. The lowest BCUT2D eigenvalue weighted by Gasteiger charge is -2.10. The fourth-order valence-electron chi connectivity index (χ4n) is 1.91. The Morgan fingerprint density at radius 1 is 1.56 bits per heavy atom. The van der Waals surface area contributed by atoms with E-state index in [4.69, 9.17) is 14.6 Å². The van der Waals surface area contributed by atoms with Crippen LogP contribution in [0.2, 0.25) is 0 Å². The number of aromatic carboxylic acids is 1. The van der Waals surface area contributed by atoms with Crippen LogP contribution in [0.3, 0.4) is 0 Å². The molecule has 0 amide bonds. The third-order valence-corrected chi connectivity index (χ3v) is 2.86. The first-order chi connectivity index (χ1) is 8.66. The van der Waals surface area contributed by atoms with Crippen LogP contribution in [0, 0.1) is 5.82 Å². The Bertz CT molecular complexity index is 427. The molecule has 5 heteroatoms. The molecule has 0 bridgehead atoms. The quantitative estimate of drug-likeness (QED) is 0.875. The summed E-state index contributed by atoms with van der Waals surface area (Å²) in [6.45, 7) is 1.52. The average Bonchev–Trinajstić information content (AvgIpc) is 2.81. The van der Waals surface area contributed by atoms with Gasteiger partial charge >= 0.3 is 5.97 Å². The van der Waals surface area contributed by atoms with Crippen LogP contribution in [0.5, 0.6) is 0 Å². The third-order valence-electron chi connectivity index (χ3n) is 2.86. The van der Waals surface area contributed by atoms with Gasteiger partial charge in [-0.15, -0.1) is 0 Å². The number of carbonyl (C=O) groups is 1. The summed E-state index contributed by atoms with van der Waals surface area (Å²) < 4.78 is 24.2. The first kappa shape index (κ1) is 13.0. The van der Waals surface area contributed by atoms with Crippen molar-refractivity contribution in [1.82, 2.24) is 0 Å². The summed E-state index contributed by atoms with van der Waals surface area (Å²) >= 11 is 0. The van der Waals surface area contributed by atoms with Gasteiger partial charge in [0.15, 0.2) is 0 Å². The fourth-order valence-corrected chi connectivity index (χ4v) is 1.91. The minimum absolute atomic E-state index is 0.133. The molecule has 1 fully saturated rings. The van der Waals surface area contributed by atoms with Crippen molar-refractivity contribution < 1.29 is 23.8 Å². The summed E-state index contributed by atoms with van der Waals surface area (Å²) in [4.78, 5) is 10.6. The largest absolute Gasteiger partial charge is 0.478 e. The molecule has 4 nitrogen and oxygen atoms in total. The number of benzene rings is 1. The third kappa shape index (κ3) is 3.27. The maximum Gasteiger partial charge on any atom is 0.338 e. The Morgan fingerprint density at radius 2 is 2.39 bits per heavy atom. The summed E-state index contributed by atoms with van der Waals surface area (Å²) in [5, 5.41) is 8.69. The van der Waals surface area contributed by atoms with E-state index in [1.165, 1.54) is 12.1 Å². The van der Waals surface area contributed by atoms with Gasteiger partial charge in [-0.3, -0.25) is 0 Å². The first-order valence-corrected chi connectivity index (χ1v) is 5.88. The fraction of sp³-hybridized carbons (Fsp3) is 0.462. The molecular weight excluding hydrogens is 239 g/mol. The predicted octanol–water partition coefficient (Wildman–Crippen LogP) is 2.22. The Hall–Kier alpha value is -1.46. The van der Waals surface area contributed by atoms with Gasteiger partial charge < -0.3 is 14.6 Å². The van der Waals surface area contributed by atoms with E-state index in [0.29, 0.717) is 12.2 Å². The van der Waals surface area contributed by atoms with Crippen LogP contribution >= 0.6 is 0 Å². The lowest BCUT2D eigenvalue weighted by Crippen LogP contribution is -2.14. The lowest BCUT2D eigenvalue weighted by atomic mass is 10.1. The first-order valence-electron chi connectivity index (χ1n) is 5.88. The molecule has 0 spiro atoms. The summed E-state index contributed by atoms with van der Waals surface area (Å²) in [5.41, 5.74) is 0.299. The van der Waals surface area contributed by atoms with E-state index in [0.717, 1.165) is 19.4 Å². The van der Waals surface area contributed by atoms with Gasteiger partial charge in [-0.2, -0.15) is 0 Å². The van der Waals surface area contributed by atoms with Crippen LogP contribution in [0.4, 0.5) is 4.39 Å². The topological polar surface area (TPSA) is 55.8 Å². The van der Waals surface area contributed by atoms with E-state index in [1.807, 2.05) is 0 Å². The number of carboxylic acids is 1. The Labute approximate surface area is 104 Å². The number of hydrogen-bond acceptors (Lipinski definition) is 3. The standard InChI is InChI=1S/C13H15FO4/c14-12-6-9(3-4-11(12)13(15)16)7-17-8-10-2-1-5-18-10/h3-4,6,10H,1-2,5,7-8H2,(H,15,16). The number of ether oxygens (including phenoxy) is 2. The summed E-state index contributed by atoms with van der Waals surface area (Å²) in [7, 11) is 0. The van der Waals surface area contributed by atoms with E-state index in [1.54, 1.807) is 6.07 Å². The van der Waals surface area contributed by atoms with E-state index in [9.17, 15) is 9.18 Å². The second kappa shape index (κ2) is 5.93. The van der Waals surface area contributed by atoms with Gasteiger partial charge in [0.25, 0.3) is 0 Å². The van der Waals surface area contributed by atoms with Crippen molar-refractivity contribution in [1.29, 1.82) is 0 Å². The van der Waals surface area contributed by atoms with E-state index in [2.05, 4.69) is 0 Å². The van der Waals surface area contributed by atoms with E-state index < -0.39 is 11.8 Å². The van der Waals surface area contributed by atoms with Crippen LogP contribution in [0.1, 0.15) is 28.8 Å². The molecule has 1 atom stereocenters. The second-order valence-electron chi connectivity index (χ2n) is 4.27. The molecule has 0 aliphatic carbocycles. The van der Waals surface area contributed by atoms with Gasteiger partial charge in [-0.25, -0.2) is 9.18 Å². The van der Waals surface area contributed by atoms with Crippen molar-refractivity contribution in [3.05, 3.63) is 35.1 Å². The van der Waals surface area contributed by atoms with E-state index in [-0.39, 0.29) is 18.3 Å². The molecule has 0 saturated carbocycles. The maximum atomic E-state index is 13.4. The molecule has 98 valence electrons. The van der Waals surface area contributed by atoms with Crippen LogP contribution in [-0.2, 0) is 16.1 Å². The van der Waals surface area contributed by atoms with Gasteiger partial charge in [0.1, 0.15) is 5.82 Å². The zero-order chi connectivity index (χ0) is 13.0. The van der Waals surface area contributed by atoms with Crippen molar-refractivity contribution >= 4 is 5.97 Å². The molecule has 1 heterocycles. The number of hydrogen-bond donors (Lipinski definition) is 1. The molecule has 1 aliphatic rings. The molecule has 1 aromatic rings. The molecule has 1 aliphatic heterocycles. The highest BCUT2D eigenvalue weighted by molar-refractivity contribution is 5.87. The molecule has 18 heavy (non-hydrogen) atoms. The molecular formula is C13H15FO4. The minimum Gasteiger partial charge on any atom is -0.478 e. The van der Waals surface area contributed by atoms with Gasteiger partial charge in [-0.1, -0.05) is 6.07 Å². The van der Waals surface area contributed by atoms with Crippen LogP contribution in [0.15, 0.2) is 18.2 Å². The van der Waals surface area contributed by atoms with Crippen molar-refractivity contribution in [3.63, 3.8) is 0 Å². The summed E-state index contributed by atoms with van der Waals surface area (Å²) in [6, 6.07) is 4.00. The van der Waals surface area contributed by atoms with Crippen molar-refractivity contribution in [2.75, 3.05) is 13.2 Å². The highest BCUT2D eigenvalue weighted by Crippen LogP contribution is 2.14. The normalized spacial score (nSPS) is 19.1. The van der Waals surface area contributed by atoms with Crippen LogP contribution in [-0.4, -0.2) is 30.4 Å². The monoisotopic (exact) mass is 254 g/mol. The van der Waals surface area contributed by atoms with Gasteiger partial charge in [0.2, 0.25) is 0 Å². The van der Waals surface area contributed by atoms with Crippen LogP contribution in [0.25, 0.3) is 0 Å².